The number of rotatable bonds is 13. The average Bonchev–Trinajstić information content (AvgIpc) is 2.95. The minimum Gasteiger partial charge on any atom is -0.497 e. The summed E-state index contributed by atoms with van der Waals surface area (Å²) in [5, 5.41) is 3.14. The highest BCUT2D eigenvalue weighted by Crippen LogP contribution is 2.32. The Kier molecular flexibility index (Phi) is 8.90. The third-order valence-corrected chi connectivity index (χ3v) is 7.37. The van der Waals surface area contributed by atoms with Gasteiger partial charge >= 0.3 is 0 Å². The maximum Gasteiger partial charge on any atom is 0.263 e. The zero-order chi connectivity index (χ0) is 28.7. The fourth-order valence-electron chi connectivity index (χ4n) is 4.04. The van der Waals surface area contributed by atoms with Crippen molar-refractivity contribution in [1.82, 2.24) is 9.97 Å². The number of nitrogens with one attached hydrogen (secondary N) is 2. The minimum atomic E-state index is -4.11. The lowest BCUT2D eigenvalue weighted by Gasteiger charge is -2.23. The first kappa shape index (κ1) is 28.4. The fourth-order valence-corrected chi connectivity index (χ4v) is 5.09. The molecular weight excluding hydrogens is 532 g/mol. The highest BCUT2D eigenvalue weighted by molar-refractivity contribution is 7.92. The van der Waals surface area contributed by atoms with Crippen molar-refractivity contribution in [1.29, 1.82) is 0 Å². The molecule has 0 radical (unpaired) electrons. The summed E-state index contributed by atoms with van der Waals surface area (Å²) in [6.45, 7) is 2.57. The molecule has 0 fully saturated rings. The van der Waals surface area contributed by atoms with Gasteiger partial charge in [0.15, 0.2) is 11.6 Å². The van der Waals surface area contributed by atoms with Crippen molar-refractivity contribution < 1.29 is 22.7 Å². The Labute approximate surface area is 233 Å². The number of unbranched alkanes of at least 4 members (excludes halogenated alkanes) is 1. The summed E-state index contributed by atoms with van der Waals surface area (Å²) in [4.78, 5) is 22.6. The van der Waals surface area contributed by atoms with Crippen LogP contribution in [0, 0.1) is 0 Å². The summed E-state index contributed by atoms with van der Waals surface area (Å²) < 4.78 is 40.5. The Hall–Kier alpha value is -4.58. The second-order valence-electron chi connectivity index (χ2n) is 8.98. The molecule has 40 heavy (non-hydrogen) atoms. The van der Waals surface area contributed by atoms with Gasteiger partial charge in [0.25, 0.3) is 10.0 Å². The highest BCUT2D eigenvalue weighted by atomic mass is 32.2. The summed E-state index contributed by atoms with van der Waals surface area (Å²) in [6, 6.07) is 18.7. The van der Waals surface area contributed by atoms with Crippen LogP contribution in [-0.4, -0.2) is 51.6 Å². The first-order chi connectivity index (χ1) is 19.2. The lowest BCUT2D eigenvalue weighted by atomic mass is 10.2. The van der Waals surface area contributed by atoms with E-state index < -0.39 is 15.9 Å². The van der Waals surface area contributed by atoms with Gasteiger partial charge in [0, 0.05) is 36.1 Å². The molecule has 1 aromatic heterocycles. The molecule has 0 unspecified atom stereocenters. The molecule has 1 amide bonds. The van der Waals surface area contributed by atoms with Crippen molar-refractivity contribution in [2.24, 2.45) is 5.73 Å². The maximum atomic E-state index is 13.6. The van der Waals surface area contributed by atoms with Gasteiger partial charge in [-0.15, -0.1) is 0 Å². The van der Waals surface area contributed by atoms with E-state index >= 15 is 0 Å². The predicted molar refractivity (Wildman–Crippen MR) is 156 cm³/mol. The number of ether oxygens (including phenoxy) is 2. The smallest absolute Gasteiger partial charge is 0.263 e. The van der Waals surface area contributed by atoms with Gasteiger partial charge in [-0.1, -0.05) is 31.5 Å². The minimum absolute atomic E-state index is 0.0000675. The van der Waals surface area contributed by atoms with Gasteiger partial charge in [0.2, 0.25) is 5.91 Å². The lowest BCUT2D eigenvalue weighted by Crippen LogP contribution is -2.34. The summed E-state index contributed by atoms with van der Waals surface area (Å²) in [7, 11) is -1.04. The molecule has 0 saturated heterocycles. The normalized spacial score (nSPS) is 11.2. The number of nitrogens with two attached hydrogens (primary N) is 1. The molecule has 4 aromatic rings. The SMILES string of the molecule is CCCCN(CC(N)=O)c1cccc(S(=O)(=O)Nc2nc3ccccc3nc2Nc2cc(OC)cc(OC)c2)c1. The summed E-state index contributed by atoms with van der Waals surface area (Å²) in [5.41, 5.74) is 7.65. The second kappa shape index (κ2) is 12.5. The molecule has 210 valence electrons. The molecular formula is C28H32N6O5S. The van der Waals surface area contributed by atoms with Gasteiger partial charge in [-0.25, -0.2) is 18.4 Å². The second-order valence-corrected chi connectivity index (χ2v) is 10.7. The number of anilines is 4. The van der Waals surface area contributed by atoms with E-state index in [2.05, 4.69) is 20.0 Å². The van der Waals surface area contributed by atoms with Crippen LogP contribution in [0.5, 0.6) is 11.5 Å². The number of methoxy groups -OCH3 is 2. The summed E-state index contributed by atoms with van der Waals surface area (Å²) in [5.74, 6) is 0.771. The van der Waals surface area contributed by atoms with Crippen LogP contribution in [-0.2, 0) is 14.8 Å². The quantitative estimate of drug-likeness (QED) is 0.216. The number of carbonyl (C=O) groups excluding carboxylic acids is 1. The third-order valence-electron chi connectivity index (χ3n) is 6.04. The molecule has 12 heteroatoms. The van der Waals surface area contributed by atoms with Gasteiger partial charge in [-0.3, -0.25) is 9.52 Å². The molecule has 0 spiro atoms. The zero-order valence-corrected chi connectivity index (χ0v) is 23.4. The molecule has 4 N–H and O–H groups in total. The first-order valence-corrected chi connectivity index (χ1v) is 14.1. The van der Waals surface area contributed by atoms with E-state index in [1.165, 1.54) is 26.4 Å². The largest absolute Gasteiger partial charge is 0.497 e. The number of carbonyl (C=O) groups is 1. The Bertz CT molecular complexity index is 1590. The van der Waals surface area contributed by atoms with Crippen LogP contribution in [0.15, 0.2) is 71.6 Å². The first-order valence-electron chi connectivity index (χ1n) is 12.7. The van der Waals surface area contributed by atoms with Crippen LogP contribution in [0.2, 0.25) is 0 Å². The van der Waals surface area contributed by atoms with Crippen molar-refractivity contribution in [3.05, 3.63) is 66.7 Å². The monoisotopic (exact) mass is 564 g/mol. The number of sulfonamides is 1. The summed E-state index contributed by atoms with van der Waals surface area (Å²) in [6.07, 6.45) is 1.73. The van der Waals surface area contributed by atoms with Crippen molar-refractivity contribution in [2.45, 2.75) is 24.7 Å². The molecule has 1 heterocycles. The van der Waals surface area contributed by atoms with E-state index in [1.807, 2.05) is 13.0 Å². The molecule has 0 aliphatic heterocycles. The average molecular weight is 565 g/mol. The van der Waals surface area contributed by atoms with Crippen molar-refractivity contribution in [2.75, 3.05) is 42.2 Å². The van der Waals surface area contributed by atoms with Crippen LogP contribution in [0.3, 0.4) is 0 Å². The van der Waals surface area contributed by atoms with Crippen molar-refractivity contribution in [3.63, 3.8) is 0 Å². The topological polar surface area (TPSA) is 149 Å². The molecule has 3 aromatic carbocycles. The molecule has 0 bridgehead atoms. The van der Waals surface area contributed by atoms with E-state index in [0.29, 0.717) is 40.5 Å². The molecule has 11 nitrogen and oxygen atoms in total. The fraction of sp³-hybridized carbons (Fsp3) is 0.250. The third kappa shape index (κ3) is 6.89. The van der Waals surface area contributed by atoms with Gasteiger partial charge in [0.1, 0.15) is 11.5 Å². The van der Waals surface area contributed by atoms with E-state index in [1.54, 1.807) is 53.4 Å². The predicted octanol–water partition coefficient (Wildman–Crippen LogP) is 4.28. The van der Waals surface area contributed by atoms with Crippen LogP contribution in [0.4, 0.5) is 23.0 Å². The van der Waals surface area contributed by atoms with E-state index in [-0.39, 0.29) is 23.1 Å². The van der Waals surface area contributed by atoms with E-state index in [4.69, 9.17) is 15.2 Å². The van der Waals surface area contributed by atoms with Crippen LogP contribution in [0.25, 0.3) is 11.0 Å². The van der Waals surface area contributed by atoms with Gasteiger partial charge in [-0.2, -0.15) is 0 Å². The molecule has 0 aliphatic rings. The number of primary amides is 1. The van der Waals surface area contributed by atoms with Crippen molar-refractivity contribution >= 4 is 50.0 Å². The molecule has 4 rings (SSSR count). The molecule has 0 atom stereocenters. The Morgan fingerprint density at radius 2 is 1.57 bits per heavy atom. The van der Waals surface area contributed by atoms with Gasteiger partial charge < -0.3 is 25.4 Å². The standard InChI is InChI=1S/C28H32N6O5S/c1-4-5-13-34(18-26(29)35)20-9-8-10-23(16-20)40(36,37)33-28-27(31-24-11-6-7-12-25(24)32-28)30-19-14-21(38-2)17-22(15-19)39-3/h6-12,14-17H,4-5,13,18H2,1-3H3,(H2,29,35)(H,30,31)(H,32,33). The number of amides is 1. The number of nitrogens with zero attached hydrogens (tertiary/aromatic N) is 3. The van der Waals surface area contributed by atoms with Gasteiger partial charge in [-0.05, 0) is 36.8 Å². The summed E-state index contributed by atoms with van der Waals surface area (Å²) >= 11 is 0. The highest BCUT2D eigenvalue weighted by Gasteiger charge is 2.21. The number of benzene rings is 3. The zero-order valence-electron chi connectivity index (χ0n) is 22.5. The van der Waals surface area contributed by atoms with E-state index in [0.717, 1.165) is 12.8 Å². The number of hydrogen-bond acceptors (Lipinski definition) is 9. The van der Waals surface area contributed by atoms with Crippen LogP contribution >= 0.6 is 0 Å². The maximum absolute atomic E-state index is 13.6. The number of aromatic nitrogens is 2. The Morgan fingerprint density at radius 3 is 2.17 bits per heavy atom. The molecule has 0 aliphatic carbocycles. The molecule has 0 saturated carbocycles. The van der Waals surface area contributed by atoms with Crippen LogP contribution in [0.1, 0.15) is 19.8 Å². The van der Waals surface area contributed by atoms with E-state index in [9.17, 15) is 13.2 Å². The Balaban J connectivity index is 1.72. The van der Waals surface area contributed by atoms with Gasteiger partial charge in [0.05, 0.1) is 36.7 Å². The number of para-hydroxylation sites is 2. The lowest BCUT2D eigenvalue weighted by molar-refractivity contribution is -0.116. The Morgan fingerprint density at radius 1 is 0.925 bits per heavy atom. The van der Waals surface area contributed by atoms with Crippen LogP contribution < -0.4 is 30.1 Å². The van der Waals surface area contributed by atoms with Crippen molar-refractivity contribution in [3.8, 4) is 11.5 Å². The number of hydrogen-bond donors (Lipinski definition) is 3. The number of fused-ring (bicyclic) bond motifs is 1.